The summed E-state index contributed by atoms with van der Waals surface area (Å²) in [7, 11) is 0. The third-order valence-electron chi connectivity index (χ3n) is 12.3. The Labute approximate surface area is 403 Å². The Morgan fingerprint density at radius 1 is 0.308 bits per heavy atom. The molecule has 1 atom stereocenters. The summed E-state index contributed by atoms with van der Waals surface area (Å²) in [4.78, 5) is 38.0. The highest BCUT2D eigenvalue weighted by Crippen LogP contribution is 2.15. The van der Waals surface area contributed by atoms with Gasteiger partial charge >= 0.3 is 17.9 Å². The fraction of sp³-hybridized carbons (Fsp3) is 0.814. The molecular formula is C59H106O6. The van der Waals surface area contributed by atoms with Crippen molar-refractivity contribution in [3.8, 4) is 0 Å². The molecule has 0 N–H and O–H groups in total. The van der Waals surface area contributed by atoms with Gasteiger partial charge in [-0.05, 0) is 83.5 Å². The van der Waals surface area contributed by atoms with Crippen LogP contribution in [0.25, 0.3) is 0 Å². The zero-order valence-electron chi connectivity index (χ0n) is 43.3. The molecule has 0 spiro atoms. The van der Waals surface area contributed by atoms with Gasteiger partial charge in [-0.2, -0.15) is 0 Å². The molecular weight excluding hydrogens is 805 g/mol. The molecule has 6 heteroatoms. The fourth-order valence-electron chi connectivity index (χ4n) is 8.03. The lowest BCUT2D eigenvalue weighted by molar-refractivity contribution is -0.167. The van der Waals surface area contributed by atoms with E-state index in [9.17, 15) is 14.4 Å². The van der Waals surface area contributed by atoms with Crippen molar-refractivity contribution in [2.75, 3.05) is 13.2 Å². The molecule has 0 heterocycles. The lowest BCUT2D eigenvalue weighted by Crippen LogP contribution is -2.30. The summed E-state index contributed by atoms with van der Waals surface area (Å²) >= 11 is 0. The second-order valence-electron chi connectivity index (χ2n) is 18.8. The first-order chi connectivity index (χ1) is 32.0. The number of carbonyl (C=O) groups is 3. The predicted octanol–water partition coefficient (Wildman–Crippen LogP) is 18.7. The maximum absolute atomic E-state index is 12.8. The number of hydrogen-bond acceptors (Lipinski definition) is 6. The minimum Gasteiger partial charge on any atom is -0.462 e. The van der Waals surface area contributed by atoms with E-state index in [-0.39, 0.29) is 31.1 Å². The van der Waals surface area contributed by atoms with Gasteiger partial charge in [0.2, 0.25) is 0 Å². The van der Waals surface area contributed by atoms with E-state index < -0.39 is 6.10 Å². The van der Waals surface area contributed by atoms with Gasteiger partial charge in [0.15, 0.2) is 6.10 Å². The van der Waals surface area contributed by atoms with Crippen LogP contribution in [-0.4, -0.2) is 37.2 Å². The van der Waals surface area contributed by atoms with Gasteiger partial charge in [-0.15, -0.1) is 0 Å². The molecule has 0 aliphatic rings. The molecule has 378 valence electrons. The smallest absolute Gasteiger partial charge is 0.306 e. The number of carbonyl (C=O) groups excluding carboxylic acids is 3. The molecule has 0 aromatic carbocycles. The highest BCUT2D eigenvalue weighted by atomic mass is 16.6. The molecule has 0 rings (SSSR count). The van der Waals surface area contributed by atoms with Crippen LogP contribution < -0.4 is 0 Å². The number of ether oxygens (including phenoxy) is 3. The number of unbranched alkanes of at least 4 members (excludes halogenated alkanes) is 32. The first kappa shape index (κ1) is 62.4. The van der Waals surface area contributed by atoms with E-state index in [1.54, 1.807) is 0 Å². The Hall–Kier alpha value is -2.63. The van der Waals surface area contributed by atoms with Crippen LogP contribution in [0.15, 0.2) is 48.6 Å². The van der Waals surface area contributed by atoms with Crippen molar-refractivity contribution in [2.24, 2.45) is 0 Å². The maximum atomic E-state index is 12.8. The minimum absolute atomic E-state index is 0.0751. The number of rotatable bonds is 51. The second kappa shape index (κ2) is 54.0. The van der Waals surface area contributed by atoms with Crippen LogP contribution in [0.5, 0.6) is 0 Å². The first-order valence-electron chi connectivity index (χ1n) is 28.1. The van der Waals surface area contributed by atoms with Gasteiger partial charge < -0.3 is 14.2 Å². The van der Waals surface area contributed by atoms with Crippen molar-refractivity contribution in [1.29, 1.82) is 0 Å². The summed E-state index contributed by atoms with van der Waals surface area (Å²) in [6.07, 6.45) is 65.4. The van der Waals surface area contributed by atoms with Crippen molar-refractivity contribution < 1.29 is 28.6 Å². The Morgan fingerprint density at radius 2 is 0.554 bits per heavy atom. The third kappa shape index (κ3) is 52.2. The summed E-state index contributed by atoms with van der Waals surface area (Å²) in [5.74, 6) is -0.881. The van der Waals surface area contributed by atoms with Crippen LogP contribution in [0.2, 0.25) is 0 Å². The summed E-state index contributed by atoms with van der Waals surface area (Å²) in [5.41, 5.74) is 0. The van der Waals surface area contributed by atoms with Gasteiger partial charge in [-0.1, -0.05) is 236 Å². The molecule has 0 aliphatic heterocycles. The van der Waals surface area contributed by atoms with Crippen LogP contribution in [0, 0.1) is 0 Å². The quantitative estimate of drug-likeness (QED) is 0.0262. The Bertz CT molecular complexity index is 1140. The average Bonchev–Trinajstić information content (AvgIpc) is 3.30. The number of hydrogen-bond donors (Lipinski definition) is 0. The Kier molecular flexibility index (Phi) is 51.8. The van der Waals surface area contributed by atoms with Gasteiger partial charge in [-0.3, -0.25) is 14.4 Å². The summed E-state index contributed by atoms with van der Waals surface area (Å²) in [5, 5.41) is 0. The summed E-state index contributed by atoms with van der Waals surface area (Å²) in [6.45, 7) is 6.60. The van der Waals surface area contributed by atoms with Gasteiger partial charge in [0, 0.05) is 19.3 Å². The standard InChI is InChI=1S/C59H106O6/c1-4-7-10-13-16-19-22-24-25-26-27-28-29-30-31-32-33-34-35-36-38-40-43-46-49-52-58(61)64-55-56(54-63-57(60)51-48-45-42-39-21-18-15-12-9-6-3)65-59(62)53-50-47-44-41-37-23-20-17-14-11-8-5-2/h17,20,22,24,26-27,29-30,56H,4-16,18-19,21,23,25,28,31-55H2,1-3H3/b20-17-,24-22-,27-26-,30-29-. The average molecular weight is 911 g/mol. The first-order valence-corrected chi connectivity index (χ1v) is 28.1. The van der Waals surface area contributed by atoms with Crippen molar-refractivity contribution in [2.45, 2.75) is 297 Å². The van der Waals surface area contributed by atoms with Crippen LogP contribution in [0.1, 0.15) is 290 Å². The van der Waals surface area contributed by atoms with E-state index in [2.05, 4.69) is 69.4 Å². The number of esters is 3. The predicted molar refractivity (Wildman–Crippen MR) is 279 cm³/mol. The zero-order valence-corrected chi connectivity index (χ0v) is 43.3. The molecule has 0 saturated carbocycles. The third-order valence-corrected chi connectivity index (χ3v) is 12.3. The van der Waals surface area contributed by atoms with Crippen LogP contribution in [0.3, 0.4) is 0 Å². The van der Waals surface area contributed by atoms with E-state index >= 15 is 0 Å². The topological polar surface area (TPSA) is 78.9 Å². The monoisotopic (exact) mass is 911 g/mol. The summed E-state index contributed by atoms with van der Waals surface area (Å²) < 4.78 is 16.8. The van der Waals surface area contributed by atoms with Crippen molar-refractivity contribution in [1.82, 2.24) is 0 Å². The van der Waals surface area contributed by atoms with Crippen molar-refractivity contribution in [3.05, 3.63) is 48.6 Å². The molecule has 0 radical (unpaired) electrons. The highest BCUT2D eigenvalue weighted by Gasteiger charge is 2.19. The van der Waals surface area contributed by atoms with E-state index in [1.807, 2.05) is 0 Å². The van der Waals surface area contributed by atoms with Gasteiger partial charge in [-0.25, -0.2) is 0 Å². The molecule has 0 fully saturated rings. The molecule has 0 aromatic heterocycles. The molecule has 6 nitrogen and oxygen atoms in total. The molecule has 0 aromatic rings. The minimum atomic E-state index is -0.775. The van der Waals surface area contributed by atoms with E-state index in [0.717, 1.165) is 83.5 Å². The maximum Gasteiger partial charge on any atom is 0.306 e. The molecule has 0 bridgehead atoms. The van der Waals surface area contributed by atoms with Gasteiger partial charge in [0.1, 0.15) is 13.2 Å². The lowest BCUT2D eigenvalue weighted by atomic mass is 10.1. The van der Waals surface area contributed by atoms with Crippen LogP contribution in [0.4, 0.5) is 0 Å². The molecule has 1 unspecified atom stereocenters. The number of allylic oxidation sites excluding steroid dienone is 8. The Morgan fingerprint density at radius 3 is 0.908 bits per heavy atom. The fourth-order valence-corrected chi connectivity index (χ4v) is 8.03. The van der Waals surface area contributed by atoms with E-state index in [0.29, 0.717) is 19.3 Å². The molecule has 0 amide bonds. The SMILES string of the molecule is CCCCC/C=C\CCCCCCCC(=O)OC(COC(=O)CCCCCCCCCCCC)COC(=O)CCCCCCCCCCCC/C=C\C/C=C\C/C=C\CCCCCCC. The largest absolute Gasteiger partial charge is 0.462 e. The van der Waals surface area contributed by atoms with E-state index in [1.165, 1.54) is 167 Å². The normalized spacial score (nSPS) is 12.4. The zero-order chi connectivity index (χ0) is 47.2. The van der Waals surface area contributed by atoms with Crippen molar-refractivity contribution >= 4 is 17.9 Å². The van der Waals surface area contributed by atoms with Crippen molar-refractivity contribution in [3.63, 3.8) is 0 Å². The molecule has 0 saturated heterocycles. The van der Waals surface area contributed by atoms with Crippen LogP contribution in [-0.2, 0) is 28.6 Å². The van der Waals surface area contributed by atoms with Gasteiger partial charge in [0.05, 0.1) is 0 Å². The molecule has 65 heavy (non-hydrogen) atoms. The summed E-state index contributed by atoms with van der Waals surface area (Å²) in [6, 6.07) is 0. The molecule has 0 aliphatic carbocycles. The lowest BCUT2D eigenvalue weighted by Gasteiger charge is -2.18. The highest BCUT2D eigenvalue weighted by molar-refractivity contribution is 5.71. The second-order valence-corrected chi connectivity index (χ2v) is 18.8. The van der Waals surface area contributed by atoms with E-state index in [4.69, 9.17) is 14.2 Å². The van der Waals surface area contributed by atoms with Gasteiger partial charge in [0.25, 0.3) is 0 Å². The van der Waals surface area contributed by atoms with Crippen LogP contribution >= 0.6 is 0 Å². The Balaban J connectivity index is 4.20.